The van der Waals surface area contributed by atoms with Crippen LogP contribution >= 0.6 is 12.2 Å². The van der Waals surface area contributed by atoms with Crippen molar-refractivity contribution < 1.29 is 119 Å². The van der Waals surface area contributed by atoms with Crippen LogP contribution in [0.1, 0.15) is 17.0 Å². The van der Waals surface area contributed by atoms with Gasteiger partial charge in [-0.1, -0.05) is 24.3 Å². The van der Waals surface area contributed by atoms with Crippen LogP contribution < -0.4 is 34.7 Å². The Bertz CT molecular complexity index is 1800. The third-order valence-electron chi connectivity index (χ3n) is 6.87. The summed E-state index contributed by atoms with van der Waals surface area (Å²) in [4.78, 5) is 65.9. The number of thiocarbonyl (C=S) groups is 1. The fourth-order valence-corrected chi connectivity index (χ4v) is 4.99. The smallest absolute Gasteiger partial charge is 0.549 e. The summed E-state index contributed by atoms with van der Waals surface area (Å²) in [7, 11) is 0. The van der Waals surface area contributed by atoms with E-state index < -0.39 is 50.1 Å². The molecule has 253 valence electrons. The number of pyridine rings is 3. The molecule has 0 atom stereocenters. The van der Waals surface area contributed by atoms with E-state index in [-0.39, 0.29) is 92.0 Å². The second-order valence-corrected chi connectivity index (χ2v) is 10.9. The number of hydrogen-bond acceptors (Lipinski definition) is 12. The summed E-state index contributed by atoms with van der Waals surface area (Å²) in [5.74, 6) is -4.99. The molecule has 14 nitrogen and oxygen atoms in total. The van der Waals surface area contributed by atoms with E-state index >= 15 is 0 Å². The molecule has 1 aromatic carbocycles. The maximum absolute atomic E-state index is 11.3. The number of carbonyl (C=O) groups excluding carboxylic acids is 1. The van der Waals surface area contributed by atoms with E-state index in [1.165, 1.54) is 9.80 Å². The Hall–Kier alpha value is -3.15. The van der Waals surface area contributed by atoms with Crippen molar-refractivity contribution in [1.29, 1.82) is 0 Å². The first kappa shape index (κ1) is 43.0. The Morgan fingerprint density at radius 2 is 1.20 bits per heavy atom. The summed E-state index contributed by atoms with van der Waals surface area (Å²) in [6.45, 7) is -0.363. The summed E-state index contributed by atoms with van der Waals surface area (Å²) in [5.41, 5.74) is 5.45. The molecule has 3 N–H and O–H groups in total. The molecule has 0 saturated carbocycles. The fourth-order valence-electron chi connectivity index (χ4n) is 4.89. The zero-order valence-corrected chi connectivity index (χ0v) is 32.2. The number of benzene rings is 1. The van der Waals surface area contributed by atoms with Gasteiger partial charge in [0.25, 0.3) is 0 Å². The first-order valence-corrected chi connectivity index (χ1v) is 14.7. The van der Waals surface area contributed by atoms with Gasteiger partial charge in [-0.3, -0.25) is 24.2 Å². The molecule has 3 heterocycles. The molecule has 3 aromatic heterocycles. The van der Waals surface area contributed by atoms with Gasteiger partial charge in [-0.2, -0.15) is 4.99 Å². The molecule has 0 fully saturated rings. The quantitative estimate of drug-likeness (QED) is 0.0741. The largest absolute Gasteiger partial charge is 1.00 e. The predicted molar refractivity (Wildman–Crippen MR) is 174 cm³/mol. The second kappa shape index (κ2) is 20.6. The van der Waals surface area contributed by atoms with Crippen LogP contribution in [0.5, 0.6) is 0 Å². The van der Waals surface area contributed by atoms with Crippen molar-refractivity contribution >= 4 is 46.9 Å². The summed E-state index contributed by atoms with van der Waals surface area (Å²) >= 11 is 4.81. The summed E-state index contributed by atoms with van der Waals surface area (Å²) in [5, 5.41) is 41.4. The van der Waals surface area contributed by atoms with Gasteiger partial charge in [-0.05, 0) is 78.3 Å². The van der Waals surface area contributed by atoms with Gasteiger partial charge in [0.2, 0.25) is 0 Å². The fraction of sp³-hybridized carbons (Fsp3) is 0.212. The molecule has 0 spiro atoms. The van der Waals surface area contributed by atoms with Crippen LogP contribution in [0.2, 0.25) is 0 Å². The topological polar surface area (TPSA) is 210 Å². The number of aliphatic imine (C=N–C) groups is 1. The summed E-state index contributed by atoms with van der Waals surface area (Å²) < 4.78 is 0. The van der Waals surface area contributed by atoms with Gasteiger partial charge < -0.3 is 25.2 Å². The van der Waals surface area contributed by atoms with Crippen molar-refractivity contribution in [1.82, 2.24) is 24.8 Å². The van der Waals surface area contributed by atoms with Crippen molar-refractivity contribution in [2.75, 3.05) is 26.2 Å². The van der Waals surface area contributed by atoms with Gasteiger partial charge in [0.15, 0.2) is 0 Å². The summed E-state index contributed by atoms with van der Waals surface area (Å²) in [6.07, 6.45) is 0. The number of carboxylic acid groups (broad SMARTS) is 4. The van der Waals surface area contributed by atoms with Crippen molar-refractivity contribution in [2.45, 2.75) is 20.0 Å². The molecule has 4 aromatic rings. The molecule has 0 aliphatic carbocycles. The number of carbonyl (C=O) groups is 4. The zero-order chi connectivity index (χ0) is 34.8. The van der Waals surface area contributed by atoms with Crippen LogP contribution in [0.3, 0.4) is 0 Å². The average molecular weight is 845 g/mol. The van der Waals surface area contributed by atoms with Crippen molar-refractivity contribution in [3.8, 4) is 33.9 Å². The number of carboxylic acids is 4. The molecule has 0 unspecified atom stereocenters. The zero-order valence-electron chi connectivity index (χ0n) is 26.9. The molecule has 50 heavy (non-hydrogen) atoms. The third-order valence-corrected chi connectivity index (χ3v) is 6.96. The van der Waals surface area contributed by atoms with Crippen molar-refractivity contribution in [3.63, 3.8) is 0 Å². The number of hydrogen-bond donors (Lipinski definition) is 3. The first-order valence-electron chi connectivity index (χ1n) is 14.3. The number of aromatic nitrogens is 3. The molecule has 0 aliphatic rings. The third kappa shape index (κ3) is 13.2. The van der Waals surface area contributed by atoms with E-state index in [4.69, 9.17) is 17.2 Å². The van der Waals surface area contributed by atoms with E-state index in [9.17, 15) is 39.6 Å². The molecule has 0 saturated heterocycles. The number of isothiocyanates is 1. The molecular formula is C33H29EuN6NaO8S. The maximum Gasteiger partial charge on any atom is 1.00 e. The van der Waals surface area contributed by atoms with Crippen LogP contribution in [-0.2, 0) is 32.3 Å². The van der Waals surface area contributed by atoms with Gasteiger partial charge in [-0.25, -0.2) is 15.0 Å². The minimum atomic E-state index is -1.43. The van der Waals surface area contributed by atoms with Crippen LogP contribution in [0, 0.1) is 56.3 Å². The van der Waals surface area contributed by atoms with Crippen molar-refractivity contribution in [2.24, 2.45) is 4.99 Å². The molecule has 0 amide bonds. The molecule has 17 heteroatoms. The van der Waals surface area contributed by atoms with Gasteiger partial charge >= 0.3 is 47.5 Å². The van der Waals surface area contributed by atoms with E-state index in [1.807, 2.05) is 25.1 Å². The van der Waals surface area contributed by atoms with Crippen LogP contribution in [0.4, 0.5) is 5.69 Å². The second-order valence-electron chi connectivity index (χ2n) is 10.7. The number of rotatable bonds is 16. The Morgan fingerprint density at radius 1 is 0.720 bits per heavy atom. The Balaban J connectivity index is 0.00000433. The molecule has 0 aliphatic heterocycles. The maximum atomic E-state index is 11.3. The molecular weight excluding hydrogens is 815 g/mol. The molecule has 1 radical (unpaired) electrons. The van der Waals surface area contributed by atoms with E-state index in [2.05, 4.69) is 20.1 Å². The number of aryl methyl sites for hydroxylation is 1. The normalized spacial score (nSPS) is 10.5. The Labute approximate surface area is 355 Å². The minimum absolute atomic E-state index is 0. The van der Waals surface area contributed by atoms with Gasteiger partial charge in [0.1, 0.15) is 0 Å². The van der Waals surface area contributed by atoms with Crippen LogP contribution in [-0.4, -0.2) is 95.3 Å². The minimum Gasteiger partial charge on any atom is -0.549 e. The molecule has 0 bridgehead atoms. The number of aliphatic carboxylic acids is 4. The van der Waals surface area contributed by atoms with E-state index in [1.54, 1.807) is 48.5 Å². The van der Waals surface area contributed by atoms with E-state index in [0.29, 0.717) is 45.4 Å². The SMILES string of the molecule is Cc1ccc(-c2cc(-c3cccc(CN(CC(=O)[O-])CC(=O)O)n3)nc(-c3cccc(CN(CC(=O)O)CC(=O)O)n3)c2)cc1N=C=S.[Eu].[Na+]. The monoisotopic (exact) mass is 845 g/mol. The average Bonchev–Trinajstić information content (AvgIpc) is 3.01. The summed E-state index contributed by atoms with van der Waals surface area (Å²) in [6, 6.07) is 19.3. The van der Waals surface area contributed by atoms with Crippen LogP contribution in [0.25, 0.3) is 33.9 Å². The first-order chi connectivity index (χ1) is 22.9. The standard InChI is InChI=1S/C33H30N6O8S.Eu.Na/c1-20-8-9-21(10-27(20)34-19-48)22-11-28(25-6-2-4-23(35-25)13-38(15-30(40)41)16-31(42)43)37-29(12-22)26-7-3-5-24(36-26)14-39(17-32(44)45)18-33(46)47;;/h2-12H,13-18H2,1H3,(H,40,41)(H,42,43)(H,44,45)(H,46,47);;/q;;+1/p-1. The Morgan fingerprint density at radius 3 is 1.64 bits per heavy atom. The number of nitrogens with zero attached hydrogens (tertiary/aromatic N) is 6. The predicted octanol–water partition coefficient (Wildman–Crippen LogP) is -0.473. The van der Waals surface area contributed by atoms with Crippen molar-refractivity contribution in [3.05, 3.63) is 83.7 Å². The van der Waals surface area contributed by atoms with Crippen LogP contribution in [0.15, 0.2) is 71.7 Å². The van der Waals surface area contributed by atoms with Gasteiger partial charge in [0.05, 0.1) is 70.6 Å². The van der Waals surface area contributed by atoms with E-state index in [0.717, 1.165) is 11.1 Å². The Kier molecular flexibility index (Phi) is 17.8. The van der Waals surface area contributed by atoms with Gasteiger partial charge in [-0.15, -0.1) is 0 Å². The van der Waals surface area contributed by atoms with Gasteiger partial charge in [0, 0.05) is 69.0 Å². The molecule has 4 rings (SSSR count).